The number of carbonyl (C=O) groups is 1. The first-order valence-corrected chi connectivity index (χ1v) is 6.47. The summed E-state index contributed by atoms with van der Waals surface area (Å²) in [6.07, 6.45) is 3.55. The Morgan fingerprint density at radius 1 is 1.45 bits per heavy atom. The highest BCUT2D eigenvalue weighted by atomic mass is 16.2. The molecule has 6 nitrogen and oxygen atoms in total. The summed E-state index contributed by atoms with van der Waals surface area (Å²) in [5.74, 6) is 0.477. The van der Waals surface area contributed by atoms with Crippen LogP contribution in [0.4, 0.5) is 5.82 Å². The first-order valence-electron chi connectivity index (χ1n) is 6.47. The first kappa shape index (κ1) is 14.2. The van der Waals surface area contributed by atoms with Gasteiger partial charge in [-0.05, 0) is 26.1 Å². The molecule has 1 N–H and O–H groups in total. The second-order valence-corrected chi connectivity index (χ2v) is 4.77. The van der Waals surface area contributed by atoms with Crippen LogP contribution >= 0.6 is 0 Å². The number of aromatic nitrogens is 3. The number of hydrogen-bond acceptors (Lipinski definition) is 4. The summed E-state index contributed by atoms with van der Waals surface area (Å²) < 4.78 is 1.65. The predicted molar refractivity (Wildman–Crippen MR) is 77.1 cm³/mol. The molecule has 0 saturated heterocycles. The lowest BCUT2D eigenvalue weighted by molar-refractivity contribution is -0.117. The van der Waals surface area contributed by atoms with Gasteiger partial charge >= 0.3 is 0 Å². The molecule has 2 aromatic rings. The third-order valence-corrected chi connectivity index (χ3v) is 3.15. The van der Waals surface area contributed by atoms with E-state index in [2.05, 4.69) is 15.4 Å². The summed E-state index contributed by atoms with van der Waals surface area (Å²) in [4.78, 5) is 18.2. The van der Waals surface area contributed by atoms with Gasteiger partial charge in [-0.15, -0.1) is 0 Å². The molecule has 2 heterocycles. The van der Waals surface area contributed by atoms with Crippen LogP contribution < -0.4 is 5.32 Å². The molecular weight excluding hydrogens is 254 g/mol. The molecule has 0 saturated carbocycles. The molecule has 1 atom stereocenters. The topological polar surface area (TPSA) is 63.1 Å². The van der Waals surface area contributed by atoms with E-state index in [1.807, 2.05) is 44.1 Å². The highest BCUT2D eigenvalue weighted by molar-refractivity contribution is 5.91. The van der Waals surface area contributed by atoms with E-state index >= 15 is 0 Å². The average Bonchev–Trinajstić information content (AvgIpc) is 2.84. The molecule has 0 fully saturated rings. The fraction of sp³-hybridized carbons (Fsp3) is 0.357. The third-order valence-electron chi connectivity index (χ3n) is 3.15. The lowest BCUT2D eigenvalue weighted by Gasteiger charge is -2.23. The molecule has 0 bridgehead atoms. The lowest BCUT2D eigenvalue weighted by atomic mass is 10.2. The minimum absolute atomic E-state index is 0.0747. The van der Waals surface area contributed by atoms with Gasteiger partial charge in [-0.2, -0.15) is 5.10 Å². The van der Waals surface area contributed by atoms with Crippen molar-refractivity contribution in [2.75, 3.05) is 18.9 Å². The smallest absolute Gasteiger partial charge is 0.239 e. The number of nitrogens with one attached hydrogen (secondary N) is 1. The first-order chi connectivity index (χ1) is 9.56. The van der Waals surface area contributed by atoms with Crippen LogP contribution in [0.3, 0.4) is 0 Å². The van der Waals surface area contributed by atoms with Crippen LogP contribution in [0.2, 0.25) is 0 Å². The van der Waals surface area contributed by atoms with Gasteiger partial charge in [-0.3, -0.25) is 19.4 Å². The SMILES string of the molecule is CC(c1ccccn1)N(C)CC(=O)Nc1ccn(C)n1. The van der Waals surface area contributed by atoms with Crippen molar-refractivity contribution in [3.05, 3.63) is 42.4 Å². The van der Waals surface area contributed by atoms with Crippen LogP contribution in [0.15, 0.2) is 36.7 Å². The van der Waals surface area contributed by atoms with Crippen molar-refractivity contribution in [1.82, 2.24) is 19.7 Å². The lowest BCUT2D eigenvalue weighted by Crippen LogP contribution is -2.32. The number of likely N-dealkylation sites (N-methyl/N-ethyl adjacent to an activating group) is 1. The van der Waals surface area contributed by atoms with E-state index < -0.39 is 0 Å². The van der Waals surface area contributed by atoms with Gasteiger partial charge < -0.3 is 5.32 Å². The van der Waals surface area contributed by atoms with Crippen molar-refractivity contribution < 1.29 is 4.79 Å². The maximum atomic E-state index is 11.9. The molecule has 0 spiro atoms. The Bertz CT molecular complexity index is 566. The third kappa shape index (κ3) is 3.64. The number of carbonyl (C=O) groups excluding carboxylic acids is 1. The van der Waals surface area contributed by atoms with Crippen molar-refractivity contribution in [2.45, 2.75) is 13.0 Å². The second-order valence-electron chi connectivity index (χ2n) is 4.77. The van der Waals surface area contributed by atoms with Crippen LogP contribution in [0, 0.1) is 0 Å². The number of hydrogen-bond donors (Lipinski definition) is 1. The normalized spacial score (nSPS) is 12.4. The monoisotopic (exact) mass is 273 g/mol. The number of aryl methyl sites for hydroxylation is 1. The molecule has 20 heavy (non-hydrogen) atoms. The Labute approximate surface area is 118 Å². The summed E-state index contributed by atoms with van der Waals surface area (Å²) in [5.41, 5.74) is 0.945. The van der Waals surface area contributed by atoms with Gasteiger partial charge in [0.05, 0.1) is 12.2 Å². The van der Waals surface area contributed by atoms with Gasteiger partial charge in [0.15, 0.2) is 5.82 Å². The van der Waals surface area contributed by atoms with Gasteiger partial charge in [0.25, 0.3) is 0 Å². The number of anilines is 1. The minimum atomic E-state index is -0.0889. The summed E-state index contributed by atoms with van der Waals surface area (Å²) in [6, 6.07) is 7.62. The van der Waals surface area contributed by atoms with E-state index in [9.17, 15) is 4.79 Å². The molecule has 0 aromatic carbocycles. The number of rotatable bonds is 5. The van der Waals surface area contributed by atoms with Gasteiger partial charge in [0.1, 0.15) is 0 Å². The van der Waals surface area contributed by atoms with Gasteiger partial charge in [0.2, 0.25) is 5.91 Å². The molecule has 0 aliphatic heterocycles. The molecule has 106 valence electrons. The minimum Gasteiger partial charge on any atom is -0.308 e. The van der Waals surface area contributed by atoms with Gasteiger partial charge in [0, 0.05) is 31.5 Å². The molecule has 2 aromatic heterocycles. The van der Waals surface area contributed by atoms with Crippen molar-refractivity contribution in [3.8, 4) is 0 Å². The van der Waals surface area contributed by atoms with Crippen LogP contribution in [-0.4, -0.2) is 39.2 Å². The summed E-state index contributed by atoms with van der Waals surface area (Å²) in [6.45, 7) is 2.31. The van der Waals surface area contributed by atoms with Crippen molar-refractivity contribution >= 4 is 11.7 Å². The Balaban J connectivity index is 1.90. The maximum Gasteiger partial charge on any atom is 0.239 e. The molecule has 0 aliphatic carbocycles. The standard InChI is InChI=1S/C14H19N5O/c1-11(12-6-4-5-8-15-12)18(2)10-14(20)16-13-7-9-19(3)17-13/h4-9,11H,10H2,1-3H3,(H,16,17,20). The molecule has 2 rings (SSSR count). The van der Waals surface area contributed by atoms with Gasteiger partial charge in [-0.1, -0.05) is 6.07 Å². The maximum absolute atomic E-state index is 11.9. The van der Waals surface area contributed by atoms with Crippen LogP contribution in [-0.2, 0) is 11.8 Å². The average molecular weight is 273 g/mol. The van der Waals surface area contributed by atoms with Crippen LogP contribution in [0.1, 0.15) is 18.7 Å². The summed E-state index contributed by atoms with van der Waals surface area (Å²) in [7, 11) is 3.71. The van der Waals surface area contributed by atoms with E-state index in [0.717, 1.165) is 5.69 Å². The Morgan fingerprint density at radius 2 is 2.25 bits per heavy atom. The van der Waals surface area contributed by atoms with Crippen molar-refractivity contribution in [3.63, 3.8) is 0 Å². The molecule has 1 amide bonds. The highest BCUT2D eigenvalue weighted by Crippen LogP contribution is 2.15. The second kappa shape index (κ2) is 6.29. The van der Waals surface area contributed by atoms with Crippen molar-refractivity contribution in [2.24, 2.45) is 7.05 Å². The Kier molecular flexibility index (Phi) is 4.47. The van der Waals surface area contributed by atoms with Crippen molar-refractivity contribution in [1.29, 1.82) is 0 Å². The Morgan fingerprint density at radius 3 is 2.85 bits per heavy atom. The van der Waals surface area contributed by atoms with E-state index in [4.69, 9.17) is 0 Å². The zero-order valence-electron chi connectivity index (χ0n) is 11.9. The highest BCUT2D eigenvalue weighted by Gasteiger charge is 2.16. The van der Waals surface area contributed by atoms with Gasteiger partial charge in [-0.25, -0.2) is 0 Å². The molecule has 1 unspecified atom stereocenters. The van der Waals surface area contributed by atoms with E-state index in [1.54, 1.807) is 23.1 Å². The van der Waals surface area contributed by atoms with Crippen LogP contribution in [0.25, 0.3) is 0 Å². The number of pyridine rings is 1. The molecule has 0 radical (unpaired) electrons. The zero-order valence-corrected chi connectivity index (χ0v) is 11.9. The largest absolute Gasteiger partial charge is 0.308 e. The van der Waals surface area contributed by atoms with E-state index in [1.165, 1.54) is 0 Å². The fourth-order valence-corrected chi connectivity index (χ4v) is 1.88. The predicted octanol–water partition coefficient (Wildman–Crippen LogP) is 1.45. The summed E-state index contributed by atoms with van der Waals surface area (Å²) >= 11 is 0. The Hall–Kier alpha value is -2.21. The van der Waals surface area contributed by atoms with E-state index in [-0.39, 0.29) is 18.5 Å². The molecular formula is C14H19N5O. The molecule has 0 aliphatic rings. The fourth-order valence-electron chi connectivity index (χ4n) is 1.88. The zero-order chi connectivity index (χ0) is 14.5. The van der Waals surface area contributed by atoms with Crippen LogP contribution in [0.5, 0.6) is 0 Å². The quantitative estimate of drug-likeness (QED) is 0.895. The number of amides is 1. The van der Waals surface area contributed by atoms with E-state index in [0.29, 0.717) is 5.82 Å². The number of nitrogens with zero attached hydrogens (tertiary/aromatic N) is 4. The molecule has 6 heteroatoms. The summed E-state index contributed by atoms with van der Waals surface area (Å²) in [5, 5.41) is 6.88.